The van der Waals surface area contributed by atoms with Crippen LogP contribution in [-0.2, 0) is 10.8 Å². The van der Waals surface area contributed by atoms with Gasteiger partial charge in [-0.1, -0.05) is 173 Å². The van der Waals surface area contributed by atoms with Gasteiger partial charge in [0.2, 0.25) is 0 Å². The minimum absolute atomic E-state index is 0.0336. The summed E-state index contributed by atoms with van der Waals surface area (Å²) in [6.07, 6.45) is 0. The number of anilines is 3. The van der Waals surface area contributed by atoms with Crippen molar-refractivity contribution in [2.24, 2.45) is 0 Å². The van der Waals surface area contributed by atoms with Crippen LogP contribution in [0.3, 0.4) is 0 Å². The second-order valence-corrected chi connectivity index (χ2v) is 16.1. The summed E-state index contributed by atoms with van der Waals surface area (Å²) in [5, 5.41) is 0. The fraction of sp³-hybridized carbons (Fsp3) is 0.111. The molecule has 8 aromatic rings. The average molecular weight is 706 g/mol. The highest BCUT2D eigenvalue weighted by Crippen LogP contribution is 2.57. The minimum Gasteiger partial charge on any atom is -0.310 e. The Balaban J connectivity index is 1.07. The lowest BCUT2D eigenvalue weighted by atomic mass is 9.77. The number of rotatable bonds is 6. The van der Waals surface area contributed by atoms with Gasteiger partial charge in [-0.3, -0.25) is 0 Å². The molecule has 0 atom stereocenters. The van der Waals surface area contributed by atoms with Crippen LogP contribution in [0.2, 0.25) is 0 Å². The third-order valence-corrected chi connectivity index (χ3v) is 12.3. The Hall–Kier alpha value is -6.44. The molecule has 0 aliphatic heterocycles. The normalized spacial score (nSPS) is 14.1. The van der Waals surface area contributed by atoms with E-state index in [-0.39, 0.29) is 10.8 Å². The van der Waals surface area contributed by atoms with Crippen LogP contribution in [0.4, 0.5) is 17.1 Å². The Morgan fingerprint density at radius 1 is 0.309 bits per heavy atom. The predicted octanol–water partition coefficient (Wildman–Crippen LogP) is 14.8. The second kappa shape index (κ2) is 12.6. The van der Waals surface area contributed by atoms with Crippen molar-refractivity contribution in [2.75, 3.05) is 4.90 Å². The molecule has 8 aromatic carbocycles. The molecule has 0 fully saturated rings. The van der Waals surface area contributed by atoms with E-state index in [1.165, 1.54) is 77.9 Å². The summed E-state index contributed by atoms with van der Waals surface area (Å²) in [5.74, 6) is 0. The van der Waals surface area contributed by atoms with Gasteiger partial charge in [-0.15, -0.1) is 0 Å². The first-order valence-corrected chi connectivity index (χ1v) is 19.4. The van der Waals surface area contributed by atoms with Crippen LogP contribution in [0.5, 0.6) is 0 Å². The third kappa shape index (κ3) is 5.22. The largest absolute Gasteiger partial charge is 0.310 e. The fourth-order valence-corrected chi connectivity index (χ4v) is 9.49. The van der Waals surface area contributed by atoms with Gasteiger partial charge >= 0.3 is 0 Å². The topological polar surface area (TPSA) is 3.24 Å². The van der Waals surface area contributed by atoms with Crippen molar-refractivity contribution in [3.05, 3.63) is 210 Å². The van der Waals surface area contributed by atoms with E-state index in [1.54, 1.807) is 0 Å². The maximum Gasteiger partial charge on any atom is 0.0540 e. The number of para-hydroxylation sites is 1. The molecule has 0 heterocycles. The molecule has 1 nitrogen and oxygen atoms in total. The molecule has 0 unspecified atom stereocenters. The molecule has 0 saturated carbocycles. The summed E-state index contributed by atoms with van der Waals surface area (Å²) in [7, 11) is 0. The number of hydrogen-bond acceptors (Lipinski definition) is 1. The van der Waals surface area contributed by atoms with Crippen molar-refractivity contribution in [2.45, 2.75) is 38.5 Å². The predicted molar refractivity (Wildman–Crippen MR) is 233 cm³/mol. The molecule has 0 amide bonds. The first-order chi connectivity index (χ1) is 26.8. The molecular weight excluding hydrogens is 663 g/mol. The van der Waals surface area contributed by atoms with Crippen LogP contribution >= 0.6 is 0 Å². The Morgan fingerprint density at radius 2 is 0.764 bits per heavy atom. The van der Waals surface area contributed by atoms with E-state index in [4.69, 9.17) is 0 Å². The number of benzene rings is 8. The first-order valence-electron chi connectivity index (χ1n) is 19.4. The minimum atomic E-state index is -0.155. The molecule has 2 aliphatic rings. The van der Waals surface area contributed by atoms with Crippen LogP contribution in [0.25, 0.3) is 55.6 Å². The second-order valence-electron chi connectivity index (χ2n) is 16.1. The monoisotopic (exact) mass is 705 g/mol. The smallest absolute Gasteiger partial charge is 0.0540 e. The van der Waals surface area contributed by atoms with Crippen LogP contribution in [-0.4, -0.2) is 0 Å². The molecule has 0 N–H and O–H groups in total. The van der Waals surface area contributed by atoms with Crippen LogP contribution in [0, 0.1) is 0 Å². The molecule has 264 valence electrons. The molecule has 55 heavy (non-hydrogen) atoms. The highest BCUT2D eigenvalue weighted by molar-refractivity contribution is 5.94. The zero-order valence-corrected chi connectivity index (χ0v) is 31.8. The van der Waals surface area contributed by atoms with Gasteiger partial charge in [-0.25, -0.2) is 0 Å². The number of nitrogens with zero attached hydrogens (tertiary/aromatic N) is 1. The van der Waals surface area contributed by atoms with Gasteiger partial charge in [-0.05, 0) is 115 Å². The average Bonchev–Trinajstić information content (AvgIpc) is 3.60. The summed E-state index contributed by atoms with van der Waals surface area (Å²) in [4.78, 5) is 2.40. The van der Waals surface area contributed by atoms with Crippen LogP contribution in [0.15, 0.2) is 188 Å². The van der Waals surface area contributed by atoms with Crippen molar-refractivity contribution >= 4 is 17.1 Å². The van der Waals surface area contributed by atoms with E-state index in [1.807, 2.05) is 0 Å². The lowest BCUT2D eigenvalue weighted by molar-refractivity contribution is 0.653. The van der Waals surface area contributed by atoms with Crippen molar-refractivity contribution in [3.63, 3.8) is 0 Å². The summed E-state index contributed by atoms with van der Waals surface area (Å²) >= 11 is 0. The molecule has 0 saturated heterocycles. The van der Waals surface area contributed by atoms with Gasteiger partial charge in [0.15, 0.2) is 0 Å². The SMILES string of the molecule is CC1(C)c2ccccc2-c2cc3c(cc21)-c1cccc(-c2ccc(N(c4ccc(-c5ccccc5)cc4)c4ccccc4-c4ccccc4)cc2)c1C3(C)C. The molecule has 2 aliphatic carbocycles. The fourth-order valence-electron chi connectivity index (χ4n) is 9.49. The maximum absolute atomic E-state index is 2.51. The highest BCUT2D eigenvalue weighted by atomic mass is 15.1. The zero-order chi connectivity index (χ0) is 37.3. The van der Waals surface area contributed by atoms with Gasteiger partial charge in [0.1, 0.15) is 0 Å². The zero-order valence-electron chi connectivity index (χ0n) is 31.8. The molecule has 0 radical (unpaired) electrons. The van der Waals surface area contributed by atoms with Crippen molar-refractivity contribution in [1.29, 1.82) is 0 Å². The van der Waals surface area contributed by atoms with Crippen LogP contribution < -0.4 is 4.90 Å². The van der Waals surface area contributed by atoms with E-state index in [0.717, 1.165) is 17.1 Å². The molecule has 10 rings (SSSR count). The Morgan fingerprint density at radius 3 is 1.44 bits per heavy atom. The summed E-state index contributed by atoms with van der Waals surface area (Å²) in [5.41, 5.74) is 21.7. The molecular formula is C54H43N. The van der Waals surface area contributed by atoms with Gasteiger partial charge in [0.25, 0.3) is 0 Å². The first kappa shape index (κ1) is 33.2. The van der Waals surface area contributed by atoms with Gasteiger partial charge in [0, 0.05) is 27.8 Å². The quantitative estimate of drug-likeness (QED) is 0.166. The van der Waals surface area contributed by atoms with Gasteiger partial charge in [-0.2, -0.15) is 0 Å². The van der Waals surface area contributed by atoms with E-state index in [9.17, 15) is 0 Å². The lowest BCUT2D eigenvalue weighted by Gasteiger charge is -2.28. The summed E-state index contributed by atoms with van der Waals surface area (Å²) in [6, 6.07) is 69.2. The summed E-state index contributed by atoms with van der Waals surface area (Å²) < 4.78 is 0. The van der Waals surface area contributed by atoms with E-state index in [2.05, 4.69) is 221 Å². The Labute approximate surface area is 325 Å². The van der Waals surface area contributed by atoms with E-state index < -0.39 is 0 Å². The van der Waals surface area contributed by atoms with E-state index >= 15 is 0 Å². The Kier molecular flexibility index (Phi) is 7.58. The molecule has 1 heteroatoms. The summed E-state index contributed by atoms with van der Waals surface area (Å²) in [6.45, 7) is 9.58. The number of hydrogen-bond donors (Lipinski definition) is 0. The van der Waals surface area contributed by atoms with Crippen molar-refractivity contribution < 1.29 is 0 Å². The molecule has 0 spiro atoms. The van der Waals surface area contributed by atoms with Crippen molar-refractivity contribution in [3.8, 4) is 55.6 Å². The highest BCUT2D eigenvalue weighted by Gasteiger charge is 2.42. The van der Waals surface area contributed by atoms with E-state index in [0.29, 0.717) is 0 Å². The van der Waals surface area contributed by atoms with Gasteiger partial charge in [0.05, 0.1) is 5.69 Å². The molecule has 0 aromatic heterocycles. The maximum atomic E-state index is 2.51. The van der Waals surface area contributed by atoms with Crippen LogP contribution in [0.1, 0.15) is 49.9 Å². The standard InChI is InChI=1S/C54H43N/c1-53(2)48-24-13-11-21-44(48)46-34-50-47(35-49(46)53)45-23-15-22-43(52(45)54(50,3)4)39-28-32-41(33-29-39)55(40-30-26-37(27-31-40)36-16-7-5-8-17-36)51-25-14-12-20-42(51)38-18-9-6-10-19-38/h5-35H,1-4H3. The van der Waals surface area contributed by atoms with Crippen molar-refractivity contribution in [1.82, 2.24) is 0 Å². The lowest BCUT2D eigenvalue weighted by Crippen LogP contribution is -2.17. The van der Waals surface area contributed by atoms with Gasteiger partial charge < -0.3 is 4.90 Å². The molecule has 0 bridgehead atoms. The third-order valence-electron chi connectivity index (χ3n) is 12.3. The Bertz CT molecular complexity index is 2720. The number of fused-ring (bicyclic) bond motifs is 6.